The minimum absolute atomic E-state index is 0.646. The van der Waals surface area contributed by atoms with Crippen molar-refractivity contribution in [3.8, 4) is 55.6 Å². The Kier molecular flexibility index (Phi) is 15.5. The van der Waals surface area contributed by atoms with Crippen LogP contribution in [0, 0.1) is 0 Å². The maximum absolute atomic E-state index is 2.57. The molecule has 19 aromatic carbocycles. The molecule has 2 spiro atoms. The highest BCUT2D eigenvalue weighted by Gasteiger charge is 2.54. The lowest BCUT2D eigenvalue weighted by molar-refractivity contribution is 0.793. The van der Waals surface area contributed by atoms with Gasteiger partial charge in [0.05, 0.1) is 27.9 Å². The molecule has 0 N–H and O–H groups in total. The summed E-state index contributed by atoms with van der Waals surface area (Å²) in [5.74, 6) is 0. The Morgan fingerprint density at radius 3 is 0.862 bits per heavy atom. The summed E-state index contributed by atoms with van der Waals surface area (Å²) in [5.41, 5.74) is 34.3. The molecule has 0 radical (unpaired) electrons. The van der Waals surface area contributed by atoms with Crippen molar-refractivity contribution in [2.75, 3.05) is 19.6 Å². The number of hydrogen-bond acceptors (Lipinski definition) is 7. The molecule has 0 saturated carbocycles. The van der Waals surface area contributed by atoms with E-state index in [9.17, 15) is 0 Å². The Hall–Kier alpha value is -15.0. The van der Waals surface area contributed by atoms with Crippen molar-refractivity contribution in [1.29, 1.82) is 0 Å². The second-order valence-corrected chi connectivity index (χ2v) is 36.0. The molecule has 3 aromatic heterocycles. The fourth-order valence-corrected chi connectivity index (χ4v) is 25.1. The molecule has 0 amide bonds. The van der Waals surface area contributed by atoms with Gasteiger partial charge >= 0.3 is 0 Å². The van der Waals surface area contributed by atoms with Gasteiger partial charge in [-0.3, -0.25) is 0 Å². The van der Waals surface area contributed by atoms with E-state index >= 15 is 0 Å². The first-order valence-electron chi connectivity index (χ1n) is 42.3. The molecule has 1 atom stereocenters. The van der Waals surface area contributed by atoms with Crippen molar-refractivity contribution < 1.29 is 0 Å². The van der Waals surface area contributed by atoms with Crippen molar-refractivity contribution >= 4 is 163 Å². The van der Waals surface area contributed by atoms with Crippen molar-refractivity contribution in [3.63, 3.8) is 0 Å². The third kappa shape index (κ3) is 10.2. The van der Waals surface area contributed by atoms with Crippen LogP contribution < -0.4 is 19.6 Å². The van der Waals surface area contributed by atoms with Crippen LogP contribution in [0.3, 0.4) is 0 Å². The zero-order valence-electron chi connectivity index (χ0n) is 66.6. The molecule has 7 heteroatoms. The van der Waals surface area contributed by atoms with Gasteiger partial charge in [0.1, 0.15) is 0 Å². The van der Waals surface area contributed by atoms with Crippen molar-refractivity contribution in [2.45, 2.75) is 10.8 Å². The molecule has 4 aliphatic carbocycles. The van der Waals surface area contributed by atoms with E-state index in [0.717, 1.165) is 79.4 Å². The first-order valence-corrected chi connectivity index (χ1v) is 44.7. The van der Waals surface area contributed by atoms with Gasteiger partial charge in [-0.05, 0) is 270 Å². The van der Waals surface area contributed by atoms with E-state index in [0.29, 0.717) is 0 Å². The van der Waals surface area contributed by atoms with E-state index in [4.69, 9.17) is 0 Å². The maximum atomic E-state index is 2.57. The summed E-state index contributed by atoms with van der Waals surface area (Å²) in [6.07, 6.45) is 0. The lowest BCUT2D eigenvalue weighted by Crippen LogP contribution is -2.26. The van der Waals surface area contributed by atoms with E-state index < -0.39 is 10.8 Å². The van der Waals surface area contributed by atoms with Crippen LogP contribution in [0.2, 0.25) is 0 Å². The van der Waals surface area contributed by atoms with Crippen molar-refractivity contribution in [3.05, 3.63) is 481 Å². The summed E-state index contributed by atoms with van der Waals surface area (Å²) in [6.45, 7) is 0. The molecule has 0 bridgehead atoms. The highest BCUT2D eigenvalue weighted by Crippen LogP contribution is 2.67. The number of nitrogens with zero attached hydrogens (tertiary/aromatic N) is 4. The molecule has 1 unspecified atom stereocenters. The minimum atomic E-state index is -0.713. The van der Waals surface area contributed by atoms with Crippen LogP contribution in [0.15, 0.2) is 437 Å². The lowest BCUT2D eigenvalue weighted by atomic mass is 9.70. The summed E-state index contributed by atoms with van der Waals surface area (Å²) in [7, 11) is 0. The van der Waals surface area contributed by atoms with E-state index in [1.165, 1.54) is 150 Å². The van der Waals surface area contributed by atoms with Crippen LogP contribution in [0.25, 0.3) is 116 Å². The molecule has 574 valence electrons. The maximum Gasteiger partial charge on any atom is 0.0726 e. The topological polar surface area (TPSA) is 13.0 Å². The van der Waals surface area contributed by atoms with Crippen LogP contribution in [0.4, 0.5) is 68.2 Å². The summed E-state index contributed by atoms with van der Waals surface area (Å²) in [6, 6.07) is 165. The molecule has 26 rings (SSSR count). The molecule has 0 aliphatic heterocycles. The largest absolute Gasteiger partial charge is 0.310 e. The fourth-order valence-electron chi connectivity index (χ4n) is 21.7. The fraction of sp³-hybridized carbons (Fsp3) is 0.0172. The van der Waals surface area contributed by atoms with E-state index in [1.807, 2.05) is 34.0 Å². The first-order chi connectivity index (χ1) is 61.0. The zero-order valence-corrected chi connectivity index (χ0v) is 69.0. The van der Waals surface area contributed by atoms with E-state index in [2.05, 4.69) is 456 Å². The number of thiophene rings is 3. The quantitative estimate of drug-likeness (QED) is 0.114. The van der Waals surface area contributed by atoms with Gasteiger partial charge in [0, 0.05) is 112 Å². The van der Waals surface area contributed by atoms with E-state index in [-0.39, 0.29) is 0 Å². The van der Waals surface area contributed by atoms with Crippen LogP contribution >= 0.6 is 34.0 Å². The van der Waals surface area contributed by atoms with Gasteiger partial charge in [-0.2, -0.15) is 0 Å². The minimum Gasteiger partial charge on any atom is -0.310 e. The number of anilines is 12. The molecular formula is C116H72N4S3. The van der Waals surface area contributed by atoms with Gasteiger partial charge < -0.3 is 19.6 Å². The Balaban J connectivity index is 0.663. The summed E-state index contributed by atoms with van der Waals surface area (Å²) < 4.78 is 7.61. The first kappa shape index (κ1) is 69.9. The highest BCUT2D eigenvalue weighted by atomic mass is 32.1. The number of benzene rings is 19. The Bertz CT molecular complexity index is 8040. The average molecular weight is 1620 g/mol. The van der Waals surface area contributed by atoms with E-state index in [1.54, 1.807) is 0 Å². The highest BCUT2D eigenvalue weighted by molar-refractivity contribution is 7.26. The zero-order chi connectivity index (χ0) is 80.6. The molecule has 4 aliphatic rings. The molecule has 123 heavy (non-hydrogen) atoms. The third-order valence-electron chi connectivity index (χ3n) is 26.6. The van der Waals surface area contributed by atoms with Gasteiger partial charge in [-0.15, -0.1) is 34.0 Å². The predicted octanol–water partition coefficient (Wildman–Crippen LogP) is 33.0. The number of rotatable bonds is 13. The number of hydrogen-bond donors (Lipinski definition) is 0. The van der Waals surface area contributed by atoms with Gasteiger partial charge in [0.2, 0.25) is 0 Å². The second kappa shape index (κ2) is 27.3. The molecule has 0 saturated heterocycles. The average Bonchev–Trinajstić information content (AvgIpc) is 1.51. The van der Waals surface area contributed by atoms with Crippen LogP contribution in [-0.2, 0) is 10.8 Å². The van der Waals surface area contributed by atoms with Gasteiger partial charge in [-0.25, -0.2) is 0 Å². The lowest BCUT2D eigenvalue weighted by Gasteiger charge is -2.33. The standard InChI is InChI=1S/C116H72N4S3/c1-5-30-75(31-6-1)117(76-32-7-2-8-33-76)82-58-62-87-93-69-80(118(77-34-9-3-10-35-77)103-48-26-54-109-112(103)89-42-16-22-51-106(89)121-109)60-65-100(93)116(101(87)71-82)97-47-21-15-41-86(97)92-68-74(57-64-98(92)116)73-29-25-38-79(67-73)120(105-50-28-56-111-114(105)91-44-18-24-53-108(91)123-111)81-61-66-99-94(70-81)88-63-59-83(72-102(88)115(99)95-45-19-13-39-84(95)85-40-14-20-46-96(85)115)119(78-36-11-4-12-37-78)104-49-27-55-110-113(104)90-43-17-23-52-107(90)122-110/h1-72H. The Morgan fingerprint density at radius 2 is 0.431 bits per heavy atom. The number of para-hydroxylation sites is 4. The summed E-state index contributed by atoms with van der Waals surface area (Å²) in [5, 5.41) is 7.54. The Morgan fingerprint density at radius 1 is 0.154 bits per heavy atom. The third-order valence-corrected chi connectivity index (χ3v) is 30.0. The van der Waals surface area contributed by atoms with Gasteiger partial charge in [0.15, 0.2) is 0 Å². The molecule has 22 aromatic rings. The summed E-state index contributed by atoms with van der Waals surface area (Å²) in [4.78, 5) is 9.99. The smallest absolute Gasteiger partial charge is 0.0726 e. The number of fused-ring (bicyclic) bond motifs is 29. The SMILES string of the molecule is c1ccc(N(c2ccccc2)c2ccc3c(c2)C2(c4ccccc4-c4cc(-c5cccc(N(c6ccc7c(c6)-c6ccc(N(c8ccccc8)c8cccc9sc%10ccccc%10c89)cc6C76c7ccccc7-c7ccccc76)c6cccc7sc8ccccc8c67)c5)ccc42)c2ccc(N(c4ccccc4)c4cccc5sc6ccccc6c45)cc2-3)cc1. The van der Waals surface area contributed by atoms with Crippen LogP contribution in [0.5, 0.6) is 0 Å². The van der Waals surface area contributed by atoms with Crippen LogP contribution in [0.1, 0.15) is 44.5 Å². The monoisotopic (exact) mass is 1620 g/mol. The van der Waals surface area contributed by atoms with Crippen molar-refractivity contribution in [1.82, 2.24) is 0 Å². The predicted molar refractivity (Wildman–Crippen MR) is 522 cm³/mol. The molecule has 0 fully saturated rings. The normalized spacial score (nSPS) is 14.0. The summed E-state index contributed by atoms with van der Waals surface area (Å²) >= 11 is 5.59. The van der Waals surface area contributed by atoms with Gasteiger partial charge in [0.25, 0.3) is 0 Å². The molecular weight excluding hydrogens is 1550 g/mol. The molecule has 3 heterocycles. The van der Waals surface area contributed by atoms with Crippen molar-refractivity contribution in [2.24, 2.45) is 0 Å². The second-order valence-electron chi connectivity index (χ2n) is 32.8. The van der Waals surface area contributed by atoms with Gasteiger partial charge in [-0.1, -0.05) is 267 Å². The Labute approximate surface area is 724 Å². The molecule has 4 nitrogen and oxygen atoms in total. The van der Waals surface area contributed by atoms with Crippen LogP contribution in [-0.4, -0.2) is 0 Å².